The van der Waals surface area contributed by atoms with Gasteiger partial charge in [-0.3, -0.25) is 9.59 Å². The highest BCUT2D eigenvalue weighted by Crippen LogP contribution is 2.16. The molecule has 0 bridgehead atoms. The first-order valence-corrected chi connectivity index (χ1v) is 7.70. The Kier molecular flexibility index (Phi) is 5.38. The zero-order chi connectivity index (χ0) is 16.1. The predicted octanol–water partition coefficient (Wildman–Crippen LogP) is 3.68. The molecule has 0 saturated heterocycles. The molecule has 1 heterocycles. The van der Waals surface area contributed by atoms with Gasteiger partial charge in [0.15, 0.2) is 10.4 Å². The molecule has 2 N–H and O–H groups in total. The van der Waals surface area contributed by atoms with Crippen molar-refractivity contribution in [1.82, 2.24) is 5.32 Å². The molecular weight excluding hydrogens is 348 g/mol. The molecule has 0 aliphatic rings. The van der Waals surface area contributed by atoms with Crippen LogP contribution in [0.5, 0.6) is 0 Å². The molecule has 0 spiro atoms. The number of hydrogen-bond donors (Lipinski definition) is 2. The quantitative estimate of drug-likeness (QED) is 0.849. The zero-order valence-electron chi connectivity index (χ0n) is 12.4. The molecule has 2 aromatic rings. The van der Waals surface area contributed by atoms with Crippen molar-refractivity contribution in [2.75, 3.05) is 11.9 Å². The molecule has 0 unspecified atom stereocenters. The fraction of sp³-hybridized carbons (Fsp3) is 0.250. The van der Waals surface area contributed by atoms with Gasteiger partial charge in [0.25, 0.3) is 11.8 Å². The molecule has 116 valence electrons. The monoisotopic (exact) mass is 364 g/mol. The van der Waals surface area contributed by atoms with Crippen LogP contribution in [0.25, 0.3) is 0 Å². The number of hydrogen-bond acceptors (Lipinski definition) is 3. The maximum atomic E-state index is 11.9. The molecule has 22 heavy (non-hydrogen) atoms. The molecule has 0 aliphatic heterocycles. The standard InChI is InChI=1S/C16H17BrN2O3/c1-10(2)9-18-15(20)11-3-5-12(6-4-11)19-16(21)13-7-8-14(17)22-13/h3-8,10H,9H2,1-2H3,(H,18,20)(H,19,21). The van der Waals surface area contributed by atoms with E-state index >= 15 is 0 Å². The highest BCUT2D eigenvalue weighted by atomic mass is 79.9. The summed E-state index contributed by atoms with van der Waals surface area (Å²) in [6, 6.07) is 9.93. The Morgan fingerprint density at radius 2 is 1.77 bits per heavy atom. The van der Waals surface area contributed by atoms with E-state index in [0.29, 0.717) is 28.4 Å². The lowest BCUT2D eigenvalue weighted by atomic mass is 10.1. The minimum Gasteiger partial charge on any atom is -0.444 e. The van der Waals surface area contributed by atoms with Crippen LogP contribution in [-0.2, 0) is 0 Å². The Hall–Kier alpha value is -2.08. The van der Waals surface area contributed by atoms with Crippen LogP contribution in [0, 0.1) is 5.92 Å². The van der Waals surface area contributed by atoms with Crippen molar-refractivity contribution >= 4 is 33.4 Å². The summed E-state index contributed by atoms with van der Waals surface area (Å²) >= 11 is 3.15. The van der Waals surface area contributed by atoms with Gasteiger partial charge in [-0.2, -0.15) is 0 Å². The Labute approximate surface area is 137 Å². The van der Waals surface area contributed by atoms with E-state index in [4.69, 9.17) is 4.42 Å². The van der Waals surface area contributed by atoms with Gasteiger partial charge < -0.3 is 15.1 Å². The number of amides is 2. The van der Waals surface area contributed by atoms with Crippen molar-refractivity contribution in [2.45, 2.75) is 13.8 Å². The third-order valence-electron chi connectivity index (χ3n) is 2.87. The summed E-state index contributed by atoms with van der Waals surface area (Å²) in [4.78, 5) is 23.8. The Balaban J connectivity index is 1.97. The number of halogens is 1. The van der Waals surface area contributed by atoms with Crippen LogP contribution in [0.3, 0.4) is 0 Å². The highest BCUT2D eigenvalue weighted by Gasteiger charge is 2.11. The van der Waals surface area contributed by atoms with Crippen molar-refractivity contribution in [2.24, 2.45) is 5.92 Å². The van der Waals surface area contributed by atoms with Gasteiger partial charge in [0.05, 0.1) is 0 Å². The molecule has 1 aromatic carbocycles. The fourth-order valence-corrected chi connectivity index (χ4v) is 2.04. The van der Waals surface area contributed by atoms with Gasteiger partial charge in [0, 0.05) is 17.8 Å². The Morgan fingerprint density at radius 3 is 2.32 bits per heavy atom. The summed E-state index contributed by atoms with van der Waals surface area (Å²) in [5, 5.41) is 5.54. The molecule has 0 aliphatic carbocycles. The van der Waals surface area contributed by atoms with Crippen molar-refractivity contribution in [3.8, 4) is 0 Å². The number of furan rings is 1. The SMILES string of the molecule is CC(C)CNC(=O)c1ccc(NC(=O)c2ccc(Br)o2)cc1. The number of nitrogens with one attached hydrogen (secondary N) is 2. The zero-order valence-corrected chi connectivity index (χ0v) is 13.9. The third kappa shape index (κ3) is 4.46. The van der Waals surface area contributed by atoms with Crippen LogP contribution in [0.15, 0.2) is 45.5 Å². The maximum absolute atomic E-state index is 11.9. The summed E-state index contributed by atoms with van der Waals surface area (Å²) in [5.74, 6) is 0.144. The van der Waals surface area contributed by atoms with Gasteiger partial charge in [-0.15, -0.1) is 0 Å². The van der Waals surface area contributed by atoms with Crippen LogP contribution in [0.4, 0.5) is 5.69 Å². The van der Waals surface area contributed by atoms with Gasteiger partial charge in [-0.05, 0) is 58.2 Å². The summed E-state index contributed by atoms with van der Waals surface area (Å²) in [7, 11) is 0. The topological polar surface area (TPSA) is 71.3 Å². The van der Waals surface area contributed by atoms with E-state index in [-0.39, 0.29) is 17.6 Å². The Morgan fingerprint density at radius 1 is 1.09 bits per heavy atom. The van der Waals surface area contributed by atoms with Gasteiger partial charge in [-0.25, -0.2) is 0 Å². The van der Waals surface area contributed by atoms with E-state index in [2.05, 4.69) is 26.6 Å². The molecule has 0 saturated carbocycles. The summed E-state index contributed by atoms with van der Waals surface area (Å²) in [5.41, 5.74) is 1.15. The minimum absolute atomic E-state index is 0.124. The van der Waals surface area contributed by atoms with Crippen molar-refractivity contribution in [3.63, 3.8) is 0 Å². The second-order valence-corrected chi connectivity index (χ2v) is 6.02. The lowest BCUT2D eigenvalue weighted by Crippen LogP contribution is -2.27. The molecule has 0 radical (unpaired) electrons. The second kappa shape index (κ2) is 7.26. The van der Waals surface area contributed by atoms with Crippen molar-refractivity contribution in [3.05, 3.63) is 52.4 Å². The number of anilines is 1. The first-order chi connectivity index (χ1) is 10.5. The summed E-state index contributed by atoms with van der Waals surface area (Å²) < 4.78 is 5.67. The summed E-state index contributed by atoms with van der Waals surface area (Å²) in [6.07, 6.45) is 0. The lowest BCUT2D eigenvalue weighted by Gasteiger charge is -2.08. The molecule has 6 heteroatoms. The normalized spacial score (nSPS) is 10.5. The maximum Gasteiger partial charge on any atom is 0.291 e. The van der Waals surface area contributed by atoms with Gasteiger partial charge in [0.1, 0.15) is 0 Å². The van der Waals surface area contributed by atoms with Gasteiger partial charge >= 0.3 is 0 Å². The fourth-order valence-electron chi connectivity index (χ4n) is 1.73. The summed E-state index contributed by atoms with van der Waals surface area (Å²) in [6.45, 7) is 4.70. The molecule has 0 fully saturated rings. The van der Waals surface area contributed by atoms with E-state index in [1.54, 1.807) is 36.4 Å². The second-order valence-electron chi connectivity index (χ2n) is 5.24. The van der Waals surface area contributed by atoms with Crippen LogP contribution >= 0.6 is 15.9 Å². The number of carbonyl (C=O) groups excluding carboxylic acids is 2. The lowest BCUT2D eigenvalue weighted by molar-refractivity contribution is 0.0948. The first kappa shape index (κ1) is 16.3. The molecule has 1 aromatic heterocycles. The molecule has 2 rings (SSSR count). The Bertz CT molecular complexity index is 662. The average molecular weight is 365 g/mol. The number of rotatable bonds is 5. The van der Waals surface area contributed by atoms with E-state index in [1.165, 1.54) is 0 Å². The van der Waals surface area contributed by atoms with E-state index in [1.807, 2.05) is 13.8 Å². The first-order valence-electron chi connectivity index (χ1n) is 6.90. The average Bonchev–Trinajstić information content (AvgIpc) is 2.92. The largest absolute Gasteiger partial charge is 0.444 e. The van der Waals surface area contributed by atoms with Gasteiger partial charge in [-0.1, -0.05) is 13.8 Å². The number of carbonyl (C=O) groups is 2. The van der Waals surface area contributed by atoms with E-state index in [9.17, 15) is 9.59 Å². The van der Waals surface area contributed by atoms with Crippen LogP contribution in [-0.4, -0.2) is 18.4 Å². The smallest absolute Gasteiger partial charge is 0.291 e. The van der Waals surface area contributed by atoms with Crippen LogP contribution in [0.2, 0.25) is 0 Å². The van der Waals surface area contributed by atoms with Crippen molar-refractivity contribution < 1.29 is 14.0 Å². The third-order valence-corrected chi connectivity index (χ3v) is 3.30. The van der Waals surface area contributed by atoms with E-state index < -0.39 is 0 Å². The molecular formula is C16H17BrN2O3. The highest BCUT2D eigenvalue weighted by molar-refractivity contribution is 9.10. The van der Waals surface area contributed by atoms with Crippen molar-refractivity contribution in [1.29, 1.82) is 0 Å². The molecule has 2 amide bonds. The van der Waals surface area contributed by atoms with Gasteiger partial charge in [0.2, 0.25) is 0 Å². The minimum atomic E-state index is -0.345. The molecule has 0 atom stereocenters. The number of benzene rings is 1. The van der Waals surface area contributed by atoms with Crippen LogP contribution in [0.1, 0.15) is 34.8 Å². The van der Waals surface area contributed by atoms with Crippen LogP contribution < -0.4 is 10.6 Å². The predicted molar refractivity (Wildman–Crippen MR) is 88.0 cm³/mol. The van der Waals surface area contributed by atoms with E-state index in [0.717, 1.165) is 0 Å². The molecule has 5 nitrogen and oxygen atoms in total.